The molecule has 4 N–H and O–H groups in total. The maximum atomic E-state index is 11.4. The van der Waals surface area contributed by atoms with Crippen molar-refractivity contribution in [2.75, 3.05) is 5.73 Å². The fourth-order valence-corrected chi connectivity index (χ4v) is 2.18. The number of carbonyl (C=O) groups is 1. The average Bonchev–Trinajstić information content (AvgIpc) is 2.89. The fourth-order valence-electron chi connectivity index (χ4n) is 2.18. The third kappa shape index (κ3) is 2.22. The summed E-state index contributed by atoms with van der Waals surface area (Å²) in [5.41, 5.74) is 7.30. The van der Waals surface area contributed by atoms with Crippen LogP contribution in [0.25, 0.3) is 22.4 Å². The van der Waals surface area contributed by atoms with Crippen molar-refractivity contribution in [3.8, 4) is 11.4 Å². The maximum Gasteiger partial charge on any atom is 0.336 e. The van der Waals surface area contributed by atoms with Gasteiger partial charge in [0.15, 0.2) is 0 Å². The van der Waals surface area contributed by atoms with E-state index in [0.717, 1.165) is 6.07 Å². The summed E-state index contributed by atoms with van der Waals surface area (Å²) in [6.45, 7) is 0. The van der Waals surface area contributed by atoms with Gasteiger partial charge in [0.05, 0.1) is 21.5 Å². The summed E-state index contributed by atoms with van der Waals surface area (Å²) < 4.78 is 0. The summed E-state index contributed by atoms with van der Waals surface area (Å²) >= 11 is 0. The highest BCUT2D eigenvalue weighted by Crippen LogP contribution is 2.28. The van der Waals surface area contributed by atoms with Crippen LogP contribution in [0.5, 0.6) is 0 Å². The van der Waals surface area contributed by atoms with Gasteiger partial charge < -0.3 is 15.8 Å². The summed E-state index contributed by atoms with van der Waals surface area (Å²) in [6.07, 6.45) is 0. The molecule has 2 aromatic carbocycles. The number of anilines is 1. The van der Waals surface area contributed by atoms with Gasteiger partial charge in [-0.2, -0.15) is 0 Å². The smallest absolute Gasteiger partial charge is 0.336 e. The van der Waals surface area contributed by atoms with Crippen LogP contribution in [0.4, 0.5) is 11.4 Å². The lowest BCUT2D eigenvalue weighted by Gasteiger charge is -2.02. The first-order chi connectivity index (χ1) is 10.5. The molecule has 0 radical (unpaired) electrons. The molecule has 0 atom stereocenters. The van der Waals surface area contributed by atoms with E-state index in [1.807, 2.05) is 0 Å². The second-order valence-electron chi connectivity index (χ2n) is 4.65. The second kappa shape index (κ2) is 4.85. The van der Waals surface area contributed by atoms with E-state index in [4.69, 9.17) is 5.73 Å². The topological polar surface area (TPSA) is 135 Å². The van der Waals surface area contributed by atoms with Crippen LogP contribution >= 0.6 is 0 Å². The first-order valence-electron chi connectivity index (χ1n) is 6.23. The van der Waals surface area contributed by atoms with Crippen LogP contribution in [0, 0.1) is 10.1 Å². The Bertz CT molecular complexity index is 916. The number of rotatable bonds is 3. The molecule has 8 nitrogen and oxygen atoms in total. The second-order valence-corrected chi connectivity index (χ2v) is 4.65. The lowest BCUT2D eigenvalue weighted by Crippen LogP contribution is -2.02. The Morgan fingerprint density at radius 3 is 2.73 bits per heavy atom. The first-order valence-corrected chi connectivity index (χ1v) is 6.23. The van der Waals surface area contributed by atoms with Gasteiger partial charge in [0.25, 0.3) is 5.69 Å². The molecule has 0 spiro atoms. The molecule has 0 unspecified atom stereocenters. The van der Waals surface area contributed by atoms with Crippen molar-refractivity contribution in [3.63, 3.8) is 0 Å². The van der Waals surface area contributed by atoms with Crippen LogP contribution in [-0.2, 0) is 0 Å². The molecule has 0 aliphatic rings. The number of nitro benzene ring substituents is 1. The largest absolute Gasteiger partial charge is 0.478 e. The Hall–Kier alpha value is -3.42. The highest BCUT2D eigenvalue weighted by atomic mass is 16.6. The number of nitrogens with one attached hydrogen (secondary N) is 1. The number of nitrogens with zero attached hydrogens (tertiary/aromatic N) is 2. The number of imidazole rings is 1. The molecule has 1 heterocycles. The van der Waals surface area contributed by atoms with E-state index >= 15 is 0 Å². The van der Waals surface area contributed by atoms with Crippen LogP contribution in [0.3, 0.4) is 0 Å². The van der Waals surface area contributed by atoms with Gasteiger partial charge in [-0.05, 0) is 24.3 Å². The number of nitrogens with two attached hydrogens (primary N) is 1. The molecule has 110 valence electrons. The Labute approximate surface area is 123 Å². The number of nitro groups is 1. The lowest BCUT2D eigenvalue weighted by atomic mass is 10.1. The van der Waals surface area contributed by atoms with E-state index in [-0.39, 0.29) is 16.8 Å². The van der Waals surface area contributed by atoms with Crippen molar-refractivity contribution in [2.45, 2.75) is 0 Å². The van der Waals surface area contributed by atoms with Crippen molar-refractivity contribution in [1.29, 1.82) is 0 Å². The van der Waals surface area contributed by atoms with Crippen molar-refractivity contribution < 1.29 is 14.8 Å². The minimum absolute atomic E-state index is 0.193. The van der Waals surface area contributed by atoms with Gasteiger partial charge in [-0.1, -0.05) is 0 Å². The van der Waals surface area contributed by atoms with E-state index in [1.165, 1.54) is 12.1 Å². The lowest BCUT2D eigenvalue weighted by molar-refractivity contribution is -0.384. The monoisotopic (exact) mass is 298 g/mol. The first kappa shape index (κ1) is 13.6. The molecule has 22 heavy (non-hydrogen) atoms. The minimum atomic E-state index is -1.27. The normalized spacial score (nSPS) is 10.7. The SMILES string of the molecule is Nc1ccc2nc(-c3ccc([N+](=O)[O-])cc3C(=O)O)[nH]c2c1. The van der Waals surface area contributed by atoms with Crippen molar-refractivity contribution in [2.24, 2.45) is 0 Å². The Kier molecular flexibility index (Phi) is 2.99. The van der Waals surface area contributed by atoms with Crippen molar-refractivity contribution in [3.05, 3.63) is 52.1 Å². The summed E-state index contributed by atoms with van der Waals surface area (Å²) in [6, 6.07) is 8.68. The molecule has 0 bridgehead atoms. The third-order valence-corrected chi connectivity index (χ3v) is 3.21. The molecule has 0 saturated carbocycles. The third-order valence-electron chi connectivity index (χ3n) is 3.21. The summed E-state index contributed by atoms with van der Waals surface area (Å²) in [5.74, 6) is -0.952. The molecule has 3 aromatic rings. The summed E-state index contributed by atoms with van der Waals surface area (Å²) in [5, 5.41) is 20.0. The van der Waals surface area contributed by atoms with E-state index in [9.17, 15) is 20.0 Å². The van der Waals surface area contributed by atoms with Gasteiger partial charge in [-0.25, -0.2) is 9.78 Å². The number of carboxylic acids is 1. The molecule has 8 heteroatoms. The quantitative estimate of drug-likeness (QED) is 0.386. The van der Waals surface area contributed by atoms with Gasteiger partial charge in [-0.3, -0.25) is 10.1 Å². The zero-order valence-electron chi connectivity index (χ0n) is 11.1. The molecule has 0 amide bonds. The fraction of sp³-hybridized carbons (Fsp3) is 0. The van der Waals surface area contributed by atoms with E-state index in [2.05, 4.69) is 9.97 Å². The number of non-ortho nitro benzene ring substituents is 1. The molecular weight excluding hydrogens is 288 g/mol. The standard InChI is InChI=1S/C14H10N4O4/c15-7-1-4-11-12(5-7)17-13(16-11)9-3-2-8(18(21)22)6-10(9)14(19)20/h1-6H,15H2,(H,16,17)(H,19,20). The van der Waals surface area contributed by atoms with Gasteiger partial charge in [0.1, 0.15) is 5.82 Å². The molecular formula is C14H10N4O4. The molecule has 1 aromatic heterocycles. The number of aromatic nitrogens is 2. The average molecular weight is 298 g/mol. The van der Waals surface area contributed by atoms with Crippen LogP contribution in [-0.4, -0.2) is 26.0 Å². The van der Waals surface area contributed by atoms with Gasteiger partial charge in [0, 0.05) is 23.4 Å². The van der Waals surface area contributed by atoms with Crippen LogP contribution < -0.4 is 5.73 Å². The number of nitrogen functional groups attached to an aromatic ring is 1. The Morgan fingerprint density at radius 1 is 1.27 bits per heavy atom. The number of aromatic amines is 1. The van der Waals surface area contributed by atoms with Gasteiger partial charge in [0.2, 0.25) is 0 Å². The summed E-state index contributed by atoms with van der Waals surface area (Å²) in [4.78, 5) is 28.8. The van der Waals surface area contributed by atoms with E-state index in [1.54, 1.807) is 18.2 Å². The number of hydrogen-bond acceptors (Lipinski definition) is 5. The van der Waals surface area contributed by atoms with Crippen molar-refractivity contribution in [1.82, 2.24) is 9.97 Å². The van der Waals surface area contributed by atoms with Crippen LogP contribution in [0.2, 0.25) is 0 Å². The Balaban J connectivity index is 2.20. The molecule has 0 saturated heterocycles. The molecule has 0 fully saturated rings. The van der Waals surface area contributed by atoms with Gasteiger partial charge in [-0.15, -0.1) is 0 Å². The number of benzene rings is 2. The zero-order chi connectivity index (χ0) is 15.9. The van der Waals surface area contributed by atoms with E-state index in [0.29, 0.717) is 22.5 Å². The number of hydrogen-bond donors (Lipinski definition) is 3. The molecule has 0 aliphatic carbocycles. The predicted octanol–water partition coefficient (Wildman–Crippen LogP) is 2.42. The zero-order valence-corrected chi connectivity index (χ0v) is 11.1. The number of H-pyrrole nitrogens is 1. The molecule has 0 aliphatic heterocycles. The van der Waals surface area contributed by atoms with E-state index < -0.39 is 10.9 Å². The number of carboxylic acid groups (broad SMARTS) is 1. The highest BCUT2D eigenvalue weighted by molar-refractivity contribution is 5.97. The predicted molar refractivity (Wildman–Crippen MR) is 79.6 cm³/mol. The summed E-state index contributed by atoms with van der Waals surface area (Å²) in [7, 11) is 0. The molecule has 3 rings (SSSR count). The van der Waals surface area contributed by atoms with Crippen molar-refractivity contribution >= 4 is 28.4 Å². The minimum Gasteiger partial charge on any atom is -0.478 e. The number of aromatic carboxylic acids is 1. The number of fused-ring (bicyclic) bond motifs is 1. The van der Waals surface area contributed by atoms with Gasteiger partial charge >= 0.3 is 5.97 Å². The maximum absolute atomic E-state index is 11.4. The van der Waals surface area contributed by atoms with Crippen LogP contribution in [0.15, 0.2) is 36.4 Å². The highest BCUT2D eigenvalue weighted by Gasteiger charge is 2.19. The Morgan fingerprint density at radius 2 is 2.05 bits per heavy atom. The van der Waals surface area contributed by atoms with Crippen LogP contribution in [0.1, 0.15) is 10.4 Å².